The van der Waals surface area contributed by atoms with Gasteiger partial charge in [-0.2, -0.15) is 0 Å². The maximum absolute atomic E-state index is 2.34. The Hall–Kier alpha value is -2.32. The molecule has 0 radical (unpaired) electrons. The Kier molecular flexibility index (Phi) is 9.28. The predicted molar refractivity (Wildman–Crippen MR) is 133 cm³/mol. The summed E-state index contributed by atoms with van der Waals surface area (Å²) in [6.45, 7) is 0. The molecule has 6 rings (SSSR count). The molecule has 5 aromatic carbocycles. The molecule has 0 aliphatic heterocycles. The number of hydrogen-bond donors (Lipinski definition) is 0. The summed E-state index contributed by atoms with van der Waals surface area (Å²) in [6, 6.07) is 49.0. The molecular formula is C32H23Cl3Ti. The molecule has 4 heteroatoms. The van der Waals surface area contributed by atoms with Crippen molar-refractivity contribution in [3.8, 4) is 11.1 Å². The standard InChI is InChI=1S/C32H23.3ClH.Ti/c1-4-14-24(15-5-1)32(25-16-6-2-7-17-25,26-18-8-3-9-19-26)31-29-22-12-10-20-27(29)28-21-11-13-23-30(28)31;;;;/h1-22,31H;3*1H;/q;;;;+3/p-3. The SMILES string of the molecule is [Cl-].[Cl-].[Cl-].[Ti+3][c]1cccc2c1C(C(c1ccccc1)(c1ccccc1)c1ccccc1)c1ccccc1-2. The fourth-order valence-electron chi connectivity index (χ4n) is 5.81. The van der Waals surface area contributed by atoms with E-state index in [1.54, 1.807) is 0 Å². The van der Waals surface area contributed by atoms with Crippen LogP contribution in [-0.2, 0) is 25.9 Å². The van der Waals surface area contributed by atoms with E-state index in [2.05, 4.69) is 154 Å². The predicted octanol–water partition coefficient (Wildman–Crippen LogP) is -1.98. The Balaban J connectivity index is 0.00000120. The van der Waals surface area contributed by atoms with E-state index in [4.69, 9.17) is 0 Å². The normalized spacial score (nSPS) is 13.3. The zero-order chi connectivity index (χ0) is 22.3. The molecule has 0 N–H and O–H groups in total. The summed E-state index contributed by atoms with van der Waals surface area (Å²) in [7, 11) is 0. The molecule has 0 aromatic heterocycles. The summed E-state index contributed by atoms with van der Waals surface area (Å²) in [4.78, 5) is 0. The van der Waals surface area contributed by atoms with Gasteiger partial charge in [0.05, 0.1) is 0 Å². The van der Waals surface area contributed by atoms with E-state index in [9.17, 15) is 0 Å². The third-order valence-corrected chi connectivity index (χ3v) is 7.76. The van der Waals surface area contributed by atoms with Crippen LogP contribution in [0.25, 0.3) is 11.1 Å². The topological polar surface area (TPSA) is 0 Å². The van der Waals surface area contributed by atoms with Gasteiger partial charge in [-0.3, -0.25) is 0 Å². The van der Waals surface area contributed by atoms with Crippen molar-refractivity contribution in [1.29, 1.82) is 0 Å². The second kappa shape index (κ2) is 11.8. The first-order chi connectivity index (χ1) is 16.3. The van der Waals surface area contributed by atoms with E-state index >= 15 is 0 Å². The van der Waals surface area contributed by atoms with Gasteiger partial charge in [-0.1, -0.05) is 0 Å². The molecule has 0 saturated carbocycles. The second-order valence-electron chi connectivity index (χ2n) is 8.69. The Morgan fingerprint density at radius 3 is 1.36 bits per heavy atom. The van der Waals surface area contributed by atoms with Crippen molar-refractivity contribution in [3.63, 3.8) is 0 Å². The van der Waals surface area contributed by atoms with Crippen molar-refractivity contribution in [2.75, 3.05) is 0 Å². The van der Waals surface area contributed by atoms with E-state index in [0.29, 0.717) is 0 Å². The number of benzene rings is 5. The van der Waals surface area contributed by atoms with Crippen molar-refractivity contribution >= 4 is 3.87 Å². The van der Waals surface area contributed by atoms with E-state index < -0.39 is 0 Å². The number of hydrogen-bond acceptors (Lipinski definition) is 0. The first-order valence-electron chi connectivity index (χ1n) is 11.4. The van der Waals surface area contributed by atoms with Crippen molar-refractivity contribution in [2.45, 2.75) is 11.3 Å². The first kappa shape index (κ1) is 28.3. The van der Waals surface area contributed by atoms with Gasteiger partial charge in [0.15, 0.2) is 0 Å². The van der Waals surface area contributed by atoms with Gasteiger partial charge >= 0.3 is 208 Å². The van der Waals surface area contributed by atoms with Gasteiger partial charge in [-0.05, 0) is 0 Å². The van der Waals surface area contributed by atoms with Crippen LogP contribution in [-0.4, -0.2) is 0 Å². The summed E-state index contributed by atoms with van der Waals surface area (Å²) >= 11 is 2.27. The van der Waals surface area contributed by atoms with Crippen LogP contribution in [0.15, 0.2) is 133 Å². The molecule has 36 heavy (non-hydrogen) atoms. The van der Waals surface area contributed by atoms with E-state index in [0.717, 1.165) is 0 Å². The monoisotopic (exact) mass is 560 g/mol. The Labute approximate surface area is 243 Å². The minimum absolute atomic E-state index is 0. The third kappa shape index (κ3) is 4.36. The van der Waals surface area contributed by atoms with Crippen molar-refractivity contribution in [1.82, 2.24) is 0 Å². The molecule has 0 fully saturated rings. The molecule has 0 saturated heterocycles. The average molecular weight is 562 g/mol. The van der Waals surface area contributed by atoms with Gasteiger partial charge < -0.3 is 37.2 Å². The summed E-state index contributed by atoms with van der Waals surface area (Å²) in [5.74, 6) is 0.164. The van der Waals surface area contributed by atoms with E-state index in [1.165, 1.54) is 42.8 Å². The zero-order valence-electron chi connectivity index (χ0n) is 19.4. The Bertz CT molecular complexity index is 1320. The van der Waals surface area contributed by atoms with Gasteiger partial charge in [-0.15, -0.1) is 0 Å². The zero-order valence-corrected chi connectivity index (χ0v) is 23.2. The number of rotatable bonds is 4. The van der Waals surface area contributed by atoms with E-state index in [1.807, 2.05) is 0 Å². The van der Waals surface area contributed by atoms with Crippen molar-refractivity contribution in [2.24, 2.45) is 0 Å². The summed E-state index contributed by atoms with van der Waals surface area (Å²) < 4.78 is 1.35. The van der Waals surface area contributed by atoms with Crippen molar-refractivity contribution in [3.05, 3.63) is 161 Å². The van der Waals surface area contributed by atoms with Gasteiger partial charge in [0, 0.05) is 0 Å². The average Bonchev–Trinajstić information content (AvgIpc) is 3.23. The van der Waals surface area contributed by atoms with Gasteiger partial charge in [0.1, 0.15) is 0 Å². The van der Waals surface area contributed by atoms with Crippen LogP contribution < -0.4 is 41.1 Å². The van der Waals surface area contributed by atoms with Crippen molar-refractivity contribution < 1.29 is 57.7 Å². The molecule has 0 spiro atoms. The fourth-order valence-corrected chi connectivity index (χ4v) is 6.40. The van der Waals surface area contributed by atoms with Crippen LogP contribution in [0.5, 0.6) is 0 Å². The third-order valence-electron chi connectivity index (χ3n) is 7.08. The number of halogens is 3. The Morgan fingerprint density at radius 1 is 0.444 bits per heavy atom. The first-order valence-corrected chi connectivity index (χ1v) is 12.2. The van der Waals surface area contributed by atoms with Crippen LogP contribution in [0.4, 0.5) is 0 Å². The Morgan fingerprint density at radius 2 is 0.861 bits per heavy atom. The van der Waals surface area contributed by atoms with Crippen LogP contribution in [0, 0.1) is 0 Å². The molecule has 0 nitrogen and oxygen atoms in total. The van der Waals surface area contributed by atoms with Crippen LogP contribution in [0.3, 0.4) is 0 Å². The molecular weight excluding hydrogens is 539 g/mol. The minimum atomic E-state index is -0.364. The van der Waals surface area contributed by atoms with Gasteiger partial charge in [-0.25, -0.2) is 0 Å². The molecule has 0 heterocycles. The molecule has 176 valence electrons. The molecule has 1 aliphatic rings. The van der Waals surface area contributed by atoms with Gasteiger partial charge in [0.2, 0.25) is 0 Å². The van der Waals surface area contributed by atoms with Crippen LogP contribution in [0.2, 0.25) is 0 Å². The molecule has 0 amide bonds. The summed E-state index contributed by atoms with van der Waals surface area (Å²) in [5.41, 5.74) is 9.15. The number of fused-ring (bicyclic) bond motifs is 3. The quantitative estimate of drug-likeness (QED) is 0.176. The molecule has 1 atom stereocenters. The molecule has 1 aliphatic carbocycles. The molecule has 0 bridgehead atoms. The molecule has 1 unspecified atom stereocenters. The second-order valence-corrected chi connectivity index (χ2v) is 9.53. The van der Waals surface area contributed by atoms with E-state index in [-0.39, 0.29) is 48.6 Å². The van der Waals surface area contributed by atoms with Gasteiger partial charge in [0.25, 0.3) is 0 Å². The summed E-state index contributed by atoms with van der Waals surface area (Å²) in [6.07, 6.45) is 0. The molecule has 5 aromatic rings. The summed E-state index contributed by atoms with van der Waals surface area (Å²) in [5, 5.41) is 0. The van der Waals surface area contributed by atoms with Crippen LogP contribution in [0.1, 0.15) is 33.7 Å². The maximum atomic E-state index is 2.34. The fraction of sp³-hybridized carbons (Fsp3) is 0.0625. The van der Waals surface area contributed by atoms with Crippen LogP contribution >= 0.6 is 0 Å².